The molecule has 0 amide bonds. The summed E-state index contributed by atoms with van der Waals surface area (Å²) in [5.74, 6) is 1.05. The predicted octanol–water partition coefficient (Wildman–Crippen LogP) is 23.7. The smallest absolute Gasteiger partial charge is 0.165 e. The molecule has 1 N–H and O–H groups in total. The lowest BCUT2D eigenvalue weighted by Gasteiger charge is -2.34. The first-order chi connectivity index (χ1) is 48.5. The number of hydrogen-bond acceptors (Lipinski definition) is 6. The van der Waals surface area contributed by atoms with Crippen molar-refractivity contribution >= 4 is 89.0 Å². The average molecular weight is 1310 g/mol. The lowest BCUT2D eigenvalue weighted by atomic mass is 9.73. The number of aliphatic imine (C=N–C) groups is 3. The van der Waals surface area contributed by atoms with E-state index in [0.717, 1.165) is 82.0 Å². The van der Waals surface area contributed by atoms with E-state index in [-0.39, 0.29) is 16.7 Å². The van der Waals surface area contributed by atoms with Gasteiger partial charge in [-0.25, -0.2) is 4.99 Å². The zero-order valence-corrected chi connectivity index (χ0v) is 57.8. The van der Waals surface area contributed by atoms with E-state index in [4.69, 9.17) is 15.0 Å². The number of thioether (sulfide) groups is 1. The van der Waals surface area contributed by atoms with Crippen molar-refractivity contribution in [2.45, 2.75) is 83.7 Å². The molecular formula is C91H72N6S2. The predicted molar refractivity (Wildman–Crippen MR) is 419 cm³/mol. The van der Waals surface area contributed by atoms with Crippen LogP contribution < -0.4 is 5.32 Å². The van der Waals surface area contributed by atoms with Gasteiger partial charge in [0.2, 0.25) is 0 Å². The summed E-state index contributed by atoms with van der Waals surface area (Å²) in [6, 6.07) is 89.8. The number of hydrogen-bond donors (Lipinski definition) is 1. The third-order valence-electron chi connectivity index (χ3n) is 21.9. The van der Waals surface area contributed by atoms with Gasteiger partial charge in [0.25, 0.3) is 0 Å². The first-order valence-corrected chi connectivity index (χ1v) is 36.6. The molecule has 3 aromatic heterocycles. The van der Waals surface area contributed by atoms with Crippen molar-refractivity contribution < 1.29 is 0 Å². The zero-order chi connectivity index (χ0) is 66.3. The maximum absolute atomic E-state index is 5.61. The minimum atomic E-state index is -0.434. The molecular weight excluding hydrogens is 1240 g/mol. The molecule has 19 rings (SSSR count). The van der Waals surface area contributed by atoms with Gasteiger partial charge in [0.15, 0.2) is 6.17 Å². The molecule has 8 heteroatoms. The molecule has 0 radical (unpaired) electrons. The van der Waals surface area contributed by atoms with Crippen LogP contribution in [0.15, 0.2) is 309 Å². The van der Waals surface area contributed by atoms with Crippen molar-refractivity contribution in [1.29, 1.82) is 0 Å². The van der Waals surface area contributed by atoms with Crippen LogP contribution in [-0.2, 0) is 10.8 Å². The second-order valence-electron chi connectivity index (χ2n) is 28.4. The Morgan fingerprint density at radius 3 is 1.88 bits per heavy atom. The Morgan fingerprint density at radius 1 is 0.485 bits per heavy atom. The molecule has 0 fully saturated rings. The summed E-state index contributed by atoms with van der Waals surface area (Å²) in [6.45, 7) is 12.0. The first kappa shape index (κ1) is 59.6. The lowest BCUT2D eigenvalue weighted by molar-refractivity contribution is 0.605. The molecule has 1 aliphatic carbocycles. The Balaban J connectivity index is 0.680. The van der Waals surface area contributed by atoms with Crippen molar-refractivity contribution in [3.63, 3.8) is 0 Å². The van der Waals surface area contributed by atoms with Crippen molar-refractivity contribution in [1.82, 2.24) is 14.5 Å². The van der Waals surface area contributed by atoms with Gasteiger partial charge in [-0.3, -0.25) is 9.98 Å². The lowest BCUT2D eigenvalue weighted by Crippen LogP contribution is -2.28. The highest BCUT2D eigenvalue weighted by Crippen LogP contribution is 2.60. The number of nitrogens with one attached hydrogen (secondary N) is 1. The summed E-state index contributed by atoms with van der Waals surface area (Å²) in [5, 5.41) is 11.8. The molecule has 5 aliphatic heterocycles. The third-order valence-corrected chi connectivity index (χ3v) is 24.3. The average Bonchev–Trinajstić information content (AvgIpc) is 1.55. The van der Waals surface area contributed by atoms with Gasteiger partial charge in [-0.1, -0.05) is 253 Å². The van der Waals surface area contributed by atoms with Crippen molar-refractivity contribution in [2.24, 2.45) is 20.9 Å². The van der Waals surface area contributed by atoms with Gasteiger partial charge in [-0.05, 0) is 163 Å². The molecule has 6 aliphatic rings. The summed E-state index contributed by atoms with van der Waals surface area (Å²) in [4.78, 5) is 19.2. The molecule has 99 heavy (non-hydrogen) atoms. The molecule has 0 saturated carbocycles. The van der Waals surface area contributed by atoms with Gasteiger partial charge < -0.3 is 14.5 Å². The fraction of sp³-hybridized carbons (Fsp3) is 0.154. The zero-order valence-electron chi connectivity index (χ0n) is 56.1. The van der Waals surface area contributed by atoms with Crippen LogP contribution in [0.4, 0.5) is 0 Å². The number of amidine groups is 1. The van der Waals surface area contributed by atoms with Crippen LogP contribution in [0.1, 0.15) is 112 Å². The van der Waals surface area contributed by atoms with Crippen LogP contribution in [0.25, 0.3) is 97.5 Å². The fourth-order valence-electron chi connectivity index (χ4n) is 16.6. The number of para-hydroxylation sites is 2. The van der Waals surface area contributed by atoms with E-state index in [1.165, 1.54) is 125 Å². The minimum Gasteiger partial charge on any atom is -0.342 e. The van der Waals surface area contributed by atoms with Crippen LogP contribution in [0.5, 0.6) is 0 Å². The highest BCUT2D eigenvalue weighted by Gasteiger charge is 2.43. The SMILES string of the molecule is CCC1C=C(C2=CCCC=C2)N=C(c2ccccc2)N/C1=C1/CC2=C(S1)n1c3ccc(-c4cccc(-c5cccc(C6N=C(c7ccccc7)CC(c7cccc(-c8cc9c(s8)-n8c%10ccccc%10c%10cccc(c%108)C9(C)C)c7)=N6)c5)c4)cc3c3cc(-c4ccccc4)cc(c31)C2(C)C. The van der Waals surface area contributed by atoms with E-state index in [1.54, 1.807) is 0 Å². The van der Waals surface area contributed by atoms with Gasteiger partial charge in [0, 0.05) is 72.2 Å². The topological polar surface area (TPSA) is 59.0 Å². The van der Waals surface area contributed by atoms with Crippen molar-refractivity contribution in [3.8, 4) is 48.8 Å². The Morgan fingerprint density at radius 2 is 1.11 bits per heavy atom. The number of benzene rings is 10. The van der Waals surface area contributed by atoms with Crippen molar-refractivity contribution in [2.75, 3.05) is 0 Å². The van der Waals surface area contributed by atoms with Crippen LogP contribution in [0, 0.1) is 5.92 Å². The summed E-state index contributed by atoms with van der Waals surface area (Å²) < 4.78 is 5.15. The molecule has 2 atom stereocenters. The maximum atomic E-state index is 5.61. The third kappa shape index (κ3) is 9.76. The summed E-state index contributed by atoms with van der Waals surface area (Å²) in [5.41, 5.74) is 28.5. The Labute approximate surface area is 586 Å². The molecule has 6 nitrogen and oxygen atoms in total. The molecule has 0 spiro atoms. The molecule has 0 bridgehead atoms. The van der Waals surface area contributed by atoms with Crippen molar-refractivity contribution in [3.05, 3.63) is 333 Å². The summed E-state index contributed by atoms with van der Waals surface area (Å²) >= 11 is 3.86. The number of aromatic nitrogens is 2. The second kappa shape index (κ2) is 23.3. The number of thiophene rings is 1. The Hall–Kier alpha value is -10.6. The molecule has 13 aromatic rings. The second-order valence-corrected chi connectivity index (χ2v) is 30.5. The molecule has 478 valence electrons. The quantitative estimate of drug-likeness (QED) is 0.148. The normalized spacial score (nSPS) is 18.9. The molecule has 0 saturated heterocycles. The molecule has 8 heterocycles. The fourth-order valence-corrected chi connectivity index (χ4v) is 19.4. The van der Waals surface area contributed by atoms with Crippen LogP contribution >= 0.6 is 23.1 Å². The van der Waals surface area contributed by atoms with Gasteiger partial charge in [0.05, 0.1) is 44.2 Å². The van der Waals surface area contributed by atoms with E-state index in [9.17, 15) is 0 Å². The van der Waals surface area contributed by atoms with E-state index in [0.29, 0.717) is 6.42 Å². The highest BCUT2D eigenvalue weighted by molar-refractivity contribution is 8.11. The van der Waals surface area contributed by atoms with Crippen LogP contribution in [0.2, 0.25) is 0 Å². The Kier molecular flexibility index (Phi) is 14.0. The van der Waals surface area contributed by atoms with Crippen LogP contribution in [0.3, 0.4) is 0 Å². The summed E-state index contributed by atoms with van der Waals surface area (Å²) in [6.07, 6.45) is 13.4. The van der Waals surface area contributed by atoms with Crippen LogP contribution in [-0.4, -0.2) is 26.4 Å². The molecule has 2 unspecified atom stereocenters. The van der Waals surface area contributed by atoms with Gasteiger partial charge in [-0.2, -0.15) is 0 Å². The molecule has 10 aromatic carbocycles. The van der Waals surface area contributed by atoms with Gasteiger partial charge >= 0.3 is 0 Å². The largest absolute Gasteiger partial charge is 0.342 e. The van der Waals surface area contributed by atoms with E-state index >= 15 is 0 Å². The van der Waals surface area contributed by atoms with E-state index < -0.39 is 6.17 Å². The number of nitrogens with zero attached hydrogens (tertiary/aromatic N) is 5. The number of allylic oxidation sites excluding steroid dienone is 6. The minimum absolute atomic E-state index is 0.150. The highest BCUT2D eigenvalue weighted by atomic mass is 32.2. The number of fused-ring (bicyclic) bond motifs is 9. The first-order valence-electron chi connectivity index (χ1n) is 35.0. The van der Waals surface area contributed by atoms with E-state index in [2.05, 4.69) is 316 Å². The van der Waals surface area contributed by atoms with Gasteiger partial charge in [-0.15, -0.1) is 11.3 Å². The monoisotopic (exact) mass is 1310 g/mol. The van der Waals surface area contributed by atoms with Gasteiger partial charge in [0.1, 0.15) is 10.8 Å². The summed E-state index contributed by atoms with van der Waals surface area (Å²) in [7, 11) is 0. The standard InChI is InChI=1S/C91H72N6S2/c1-6-55-51-76(57-27-13-8-14-28-57)92-86(59-31-17-10-18-32-59)95-83(55)82-53-75-89(99-82)97-80-44-43-63(48-70(80)71-49-67(56-25-11-7-12-26-56)50-73(85(71)97)91(75,4)5)61-34-21-33-60(45-61)62-35-22-38-66(46-62)87-93-77(58-29-15-9-16-30-58)54-78(94-87)64-36-23-37-65(47-64)81-52-74-88(98-81)96-79-42-20-19-39-68(79)69-40-24-41-72(84(69)96)90(74,2)3/h7,9-13,15-52,55,87H,6,8,14,53-54H2,1-5H3,(H,92,95)/b83-82-. The maximum Gasteiger partial charge on any atom is 0.165 e. The van der Waals surface area contributed by atoms with E-state index in [1.807, 2.05) is 23.1 Å². The number of rotatable bonds is 10. The Bertz CT molecular complexity index is 5840.